The number of hydrogen-bond donors (Lipinski definition) is 1. The largest absolute Gasteiger partial charge is 0.468 e. The molecule has 1 unspecified atom stereocenters. The number of hydrogen-bond acceptors (Lipinski definition) is 5. The van der Waals surface area contributed by atoms with Crippen LogP contribution in [0.1, 0.15) is 6.92 Å². The number of methoxy groups -OCH3 is 1. The first-order chi connectivity index (χ1) is 10.6. The lowest BCUT2D eigenvalue weighted by molar-refractivity contribution is -0.139. The molecule has 0 aliphatic rings. The van der Waals surface area contributed by atoms with Crippen LogP contribution in [0.3, 0.4) is 0 Å². The van der Waals surface area contributed by atoms with E-state index in [0.717, 1.165) is 22.3 Å². The second-order valence-corrected chi connectivity index (χ2v) is 6.20. The van der Waals surface area contributed by atoms with Crippen LogP contribution in [0.25, 0.3) is 22.3 Å². The van der Waals surface area contributed by atoms with Gasteiger partial charge in [0.2, 0.25) is 0 Å². The van der Waals surface area contributed by atoms with Gasteiger partial charge in [0.15, 0.2) is 11.0 Å². The van der Waals surface area contributed by atoms with Crippen molar-refractivity contribution in [3.05, 3.63) is 30.5 Å². The molecule has 0 aliphatic heterocycles. The molecule has 1 atom stereocenters. The van der Waals surface area contributed by atoms with Crippen LogP contribution < -0.4 is 0 Å². The van der Waals surface area contributed by atoms with Gasteiger partial charge in [-0.3, -0.25) is 4.79 Å². The van der Waals surface area contributed by atoms with Crippen molar-refractivity contribution in [3.63, 3.8) is 0 Å². The molecule has 0 amide bonds. The van der Waals surface area contributed by atoms with Crippen LogP contribution >= 0.6 is 11.8 Å². The summed E-state index contributed by atoms with van der Waals surface area (Å²) in [6.07, 6.45) is 1.92. The summed E-state index contributed by atoms with van der Waals surface area (Å²) < 4.78 is 6.63. The van der Waals surface area contributed by atoms with E-state index in [1.807, 2.05) is 42.1 Å². The van der Waals surface area contributed by atoms with E-state index >= 15 is 0 Å². The number of carbonyl (C=O) groups is 1. The van der Waals surface area contributed by atoms with Crippen LogP contribution in [-0.4, -0.2) is 38.1 Å². The minimum atomic E-state index is -0.330. The minimum absolute atomic E-state index is 0.276. The van der Waals surface area contributed by atoms with E-state index in [9.17, 15) is 4.79 Å². The molecule has 7 heteroatoms. The molecule has 6 nitrogen and oxygen atoms in total. The van der Waals surface area contributed by atoms with Crippen molar-refractivity contribution in [2.75, 3.05) is 7.11 Å². The van der Waals surface area contributed by atoms with Gasteiger partial charge in [-0.05, 0) is 13.0 Å². The van der Waals surface area contributed by atoms with E-state index < -0.39 is 0 Å². The van der Waals surface area contributed by atoms with Crippen molar-refractivity contribution in [1.29, 1.82) is 0 Å². The Balaban J connectivity index is 1.95. The summed E-state index contributed by atoms with van der Waals surface area (Å²) in [7, 11) is 3.27. The average Bonchev–Trinajstić information content (AvgIpc) is 3.11. The number of nitrogens with zero attached hydrogens (tertiary/aromatic N) is 3. The topological polar surface area (TPSA) is 72.8 Å². The van der Waals surface area contributed by atoms with Gasteiger partial charge < -0.3 is 14.3 Å². The minimum Gasteiger partial charge on any atom is -0.468 e. The van der Waals surface area contributed by atoms with Crippen molar-refractivity contribution in [3.8, 4) is 11.4 Å². The molecule has 0 bridgehead atoms. The molecule has 3 aromatic rings. The zero-order valence-electron chi connectivity index (χ0n) is 12.5. The summed E-state index contributed by atoms with van der Waals surface area (Å²) in [5.41, 5.74) is 2.04. The Kier molecular flexibility index (Phi) is 3.89. The highest BCUT2D eigenvalue weighted by Crippen LogP contribution is 2.30. The number of aromatic amines is 1. The first kappa shape index (κ1) is 14.6. The van der Waals surface area contributed by atoms with Gasteiger partial charge in [-0.25, -0.2) is 0 Å². The molecule has 1 N–H and O–H groups in total. The third-order valence-corrected chi connectivity index (χ3v) is 4.59. The van der Waals surface area contributed by atoms with Crippen molar-refractivity contribution in [1.82, 2.24) is 19.7 Å². The number of nitrogens with one attached hydrogen (secondary N) is 1. The molecule has 0 radical (unpaired) electrons. The van der Waals surface area contributed by atoms with Crippen molar-refractivity contribution in [2.24, 2.45) is 7.05 Å². The third-order valence-electron chi connectivity index (χ3n) is 3.48. The van der Waals surface area contributed by atoms with Gasteiger partial charge in [-0.1, -0.05) is 30.0 Å². The molecule has 2 heterocycles. The molecule has 0 aliphatic carbocycles. The Hall–Kier alpha value is -2.28. The van der Waals surface area contributed by atoms with E-state index in [0.29, 0.717) is 5.16 Å². The van der Waals surface area contributed by atoms with Crippen molar-refractivity contribution < 1.29 is 9.53 Å². The van der Waals surface area contributed by atoms with Gasteiger partial charge in [-0.15, -0.1) is 10.2 Å². The number of ether oxygens (including phenoxy) is 1. The zero-order chi connectivity index (χ0) is 15.7. The van der Waals surface area contributed by atoms with E-state index in [4.69, 9.17) is 4.74 Å². The van der Waals surface area contributed by atoms with Crippen LogP contribution in [0.4, 0.5) is 0 Å². The van der Waals surface area contributed by atoms with Gasteiger partial charge in [0.25, 0.3) is 0 Å². The molecular weight excluding hydrogens is 300 g/mol. The number of esters is 1. The molecule has 0 saturated heterocycles. The molecular formula is C15H16N4O2S. The summed E-state index contributed by atoms with van der Waals surface area (Å²) >= 11 is 1.33. The molecule has 0 spiro atoms. The number of H-pyrrole nitrogens is 1. The van der Waals surface area contributed by atoms with Gasteiger partial charge in [-0.2, -0.15) is 0 Å². The number of aromatic nitrogens is 4. The summed E-state index contributed by atoms with van der Waals surface area (Å²) in [6.45, 7) is 1.79. The monoisotopic (exact) mass is 316 g/mol. The lowest BCUT2D eigenvalue weighted by Crippen LogP contribution is -2.15. The Morgan fingerprint density at radius 3 is 2.91 bits per heavy atom. The lowest BCUT2D eigenvalue weighted by Gasteiger charge is -2.08. The normalized spacial score (nSPS) is 12.5. The van der Waals surface area contributed by atoms with Gasteiger partial charge in [0, 0.05) is 29.7 Å². The summed E-state index contributed by atoms with van der Waals surface area (Å²) in [6, 6.07) is 8.04. The predicted octanol–water partition coefficient (Wildman–Crippen LogP) is 2.62. The van der Waals surface area contributed by atoms with Crippen LogP contribution in [0.5, 0.6) is 0 Å². The Bertz CT molecular complexity index is 824. The molecule has 1 aromatic carbocycles. The molecule has 0 saturated carbocycles. The fourth-order valence-electron chi connectivity index (χ4n) is 2.28. The average molecular weight is 316 g/mol. The second kappa shape index (κ2) is 5.84. The van der Waals surface area contributed by atoms with E-state index in [2.05, 4.69) is 15.2 Å². The quantitative estimate of drug-likeness (QED) is 0.592. The number of para-hydroxylation sites is 1. The smallest absolute Gasteiger partial charge is 0.318 e. The fraction of sp³-hybridized carbons (Fsp3) is 0.267. The Morgan fingerprint density at radius 2 is 2.14 bits per heavy atom. The number of thioether (sulfide) groups is 1. The number of rotatable bonds is 4. The number of benzene rings is 1. The predicted molar refractivity (Wildman–Crippen MR) is 85.6 cm³/mol. The molecule has 3 rings (SSSR count). The lowest BCUT2D eigenvalue weighted by atomic mass is 10.1. The number of carbonyl (C=O) groups excluding carboxylic acids is 1. The SMILES string of the molecule is COC(=O)C(C)Sc1nnc(-c2c[nH]c3ccccc23)n1C. The highest BCUT2D eigenvalue weighted by molar-refractivity contribution is 8.00. The fourth-order valence-corrected chi connectivity index (χ4v) is 3.12. The van der Waals surface area contributed by atoms with Crippen LogP contribution in [0.2, 0.25) is 0 Å². The highest BCUT2D eigenvalue weighted by atomic mass is 32.2. The van der Waals surface area contributed by atoms with E-state index in [1.165, 1.54) is 18.9 Å². The summed E-state index contributed by atoms with van der Waals surface area (Å²) in [4.78, 5) is 14.8. The van der Waals surface area contributed by atoms with Gasteiger partial charge >= 0.3 is 5.97 Å². The third kappa shape index (κ3) is 2.48. The highest BCUT2D eigenvalue weighted by Gasteiger charge is 2.20. The Labute approximate surface area is 131 Å². The van der Waals surface area contributed by atoms with Crippen molar-refractivity contribution >= 4 is 28.6 Å². The van der Waals surface area contributed by atoms with Gasteiger partial charge in [0.05, 0.1) is 7.11 Å². The molecule has 114 valence electrons. The van der Waals surface area contributed by atoms with Crippen LogP contribution in [-0.2, 0) is 16.6 Å². The Morgan fingerprint density at radius 1 is 1.36 bits per heavy atom. The van der Waals surface area contributed by atoms with E-state index in [-0.39, 0.29) is 11.2 Å². The van der Waals surface area contributed by atoms with Gasteiger partial charge in [0.1, 0.15) is 5.25 Å². The number of fused-ring (bicyclic) bond motifs is 1. The standard InChI is InChI=1S/C15H16N4O2S/c1-9(14(20)21-3)22-15-18-17-13(19(15)2)11-8-16-12-7-5-4-6-10(11)12/h4-9,16H,1-3H3. The maximum absolute atomic E-state index is 11.5. The zero-order valence-corrected chi connectivity index (χ0v) is 13.3. The molecule has 22 heavy (non-hydrogen) atoms. The maximum atomic E-state index is 11.5. The van der Waals surface area contributed by atoms with Crippen LogP contribution in [0.15, 0.2) is 35.6 Å². The van der Waals surface area contributed by atoms with Crippen molar-refractivity contribution in [2.45, 2.75) is 17.3 Å². The first-order valence-corrected chi connectivity index (χ1v) is 7.70. The molecule has 2 aromatic heterocycles. The molecule has 0 fully saturated rings. The summed E-state index contributed by atoms with van der Waals surface area (Å²) in [5.74, 6) is 0.485. The summed E-state index contributed by atoms with van der Waals surface area (Å²) in [5, 5.41) is 9.90. The first-order valence-electron chi connectivity index (χ1n) is 6.82. The maximum Gasteiger partial charge on any atom is 0.318 e. The van der Waals surface area contributed by atoms with E-state index in [1.54, 1.807) is 6.92 Å². The van der Waals surface area contributed by atoms with Crippen LogP contribution in [0, 0.1) is 0 Å². The second-order valence-electron chi connectivity index (χ2n) is 4.90.